The summed E-state index contributed by atoms with van der Waals surface area (Å²) in [7, 11) is 0. The van der Waals surface area contributed by atoms with Gasteiger partial charge in [-0.2, -0.15) is 4.98 Å². The molecule has 0 amide bonds. The molecule has 6 nitrogen and oxygen atoms in total. The number of imidazole rings is 1. The van der Waals surface area contributed by atoms with Crippen molar-refractivity contribution in [3.8, 4) is 23.0 Å². The average molecular weight is 390 g/mol. The lowest BCUT2D eigenvalue weighted by Crippen LogP contribution is -2.21. The van der Waals surface area contributed by atoms with Crippen molar-refractivity contribution in [2.45, 2.75) is 33.1 Å². The third-order valence-corrected chi connectivity index (χ3v) is 5.38. The minimum atomic E-state index is -0.362. The van der Waals surface area contributed by atoms with Crippen molar-refractivity contribution in [3.63, 3.8) is 0 Å². The van der Waals surface area contributed by atoms with Crippen LogP contribution >= 0.6 is 0 Å². The predicted octanol–water partition coefficient (Wildman–Crippen LogP) is 4.63. The molecule has 3 heterocycles. The summed E-state index contributed by atoms with van der Waals surface area (Å²) < 4.78 is 27.5. The fraction of sp³-hybridized carbons (Fsp3) is 0.227. The average Bonchev–Trinajstić information content (AvgIpc) is 3.37. The molecule has 1 aliphatic rings. The molecule has 0 saturated carbocycles. The van der Waals surface area contributed by atoms with E-state index < -0.39 is 0 Å². The van der Waals surface area contributed by atoms with Crippen LogP contribution in [-0.2, 0) is 17.9 Å². The van der Waals surface area contributed by atoms with Crippen molar-refractivity contribution in [2.75, 3.05) is 0 Å². The maximum absolute atomic E-state index is 14.1. The summed E-state index contributed by atoms with van der Waals surface area (Å²) in [4.78, 5) is 8.97. The van der Waals surface area contributed by atoms with E-state index in [9.17, 15) is 4.39 Å². The molecular formula is C22H19FN4O2. The number of halogens is 1. The minimum absolute atomic E-state index is 0.267. The summed E-state index contributed by atoms with van der Waals surface area (Å²) in [5, 5.41) is 4.11. The molecule has 5 rings (SSSR count). The molecule has 0 radical (unpaired) electrons. The van der Waals surface area contributed by atoms with Crippen LogP contribution in [0.4, 0.5) is 4.39 Å². The molecule has 0 bridgehead atoms. The summed E-state index contributed by atoms with van der Waals surface area (Å²) in [5.74, 6) is 0.599. The first kappa shape index (κ1) is 17.8. The number of benzene rings is 2. The number of aryl methyl sites for hydroxylation is 2. The molecule has 1 atom stereocenters. The Morgan fingerprint density at radius 1 is 1.10 bits per heavy atom. The van der Waals surface area contributed by atoms with Gasteiger partial charge in [-0.3, -0.25) is 0 Å². The Morgan fingerprint density at radius 2 is 1.97 bits per heavy atom. The predicted molar refractivity (Wildman–Crippen MR) is 104 cm³/mol. The van der Waals surface area contributed by atoms with E-state index >= 15 is 0 Å². The van der Waals surface area contributed by atoms with E-state index in [0.29, 0.717) is 29.5 Å². The molecule has 7 heteroatoms. The number of ether oxygens (including phenoxy) is 1. The molecule has 1 aliphatic heterocycles. The lowest BCUT2D eigenvalue weighted by molar-refractivity contribution is 0.00126. The van der Waals surface area contributed by atoms with Crippen LogP contribution in [0.3, 0.4) is 0 Å². The second kappa shape index (κ2) is 6.93. The summed E-state index contributed by atoms with van der Waals surface area (Å²) in [6, 6.07) is 12.7. The number of aromatic nitrogens is 4. The summed E-state index contributed by atoms with van der Waals surface area (Å²) in [6.45, 7) is 4.87. The van der Waals surface area contributed by atoms with Crippen molar-refractivity contribution in [2.24, 2.45) is 0 Å². The fourth-order valence-corrected chi connectivity index (χ4v) is 3.55. The van der Waals surface area contributed by atoms with Gasteiger partial charge >= 0.3 is 0 Å². The van der Waals surface area contributed by atoms with Gasteiger partial charge in [-0.25, -0.2) is 9.37 Å². The van der Waals surface area contributed by atoms with Gasteiger partial charge in [0.05, 0.1) is 25.2 Å². The highest BCUT2D eigenvalue weighted by Crippen LogP contribution is 2.32. The second-order valence-electron chi connectivity index (χ2n) is 7.24. The molecule has 0 spiro atoms. The second-order valence-corrected chi connectivity index (χ2v) is 7.24. The summed E-state index contributed by atoms with van der Waals surface area (Å²) in [6.07, 6.45) is 1.35. The Labute approximate surface area is 167 Å². The number of nitrogens with zero attached hydrogens (tertiary/aromatic N) is 4. The van der Waals surface area contributed by atoms with Crippen LogP contribution in [0.15, 0.2) is 53.3 Å². The van der Waals surface area contributed by atoms with Gasteiger partial charge in [0.2, 0.25) is 5.82 Å². The lowest BCUT2D eigenvalue weighted by Gasteiger charge is -2.25. The lowest BCUT2D eigenvalue weighted by atomic mass is 10.1. The Bertz CT molecular complexity index is 1200. The van der Waals surface area contributed by atoms with Crippen LogP contribution in [0.2, 0.25) is 0 Å². The molecular weight excluding hydrogens is 371 g/mol. The molecule has 0 unspecified atom stereocenters. The molecule has 29 heavy (non-hydrogen) atoms. The highest BCUT2D eigenvalue weighted by molar-refractivity contribution is 5.60. The number of hydrogen-bond acceptors (Lipinski definition) is 5. The Morgan fingerprint density at radius 3 is 2.79 bits per heavy atom. The van der Waals surface area contributed by atoms with Crippen LogP contribution in [0.25, 0.3) is 23.0 Å². The molecule has 0 fully saturated rings. The highest BCUT2D eigenvalue weighted by atomic mass is 19.1. The van der Waals surface area contributed by atoms with E-state index in [-0.39, 0.29) is 18.5 Å². The van der Waals surface area contributed by atoms with Crippen molar-refractivity contribution < 1.29 is 13.7 Å². The van der Waals surface area contributed by atoms with Crippen molar-refractivity contribution in [1.29, 1.82) is 0 Å². The van der Waals surface area contributed by atoms with Gasteiger partial charge in [-0.05, 0) is 37.1 Å². The van der Waals surface area contributed by atoms with Gasteiger partial charge in [0, 0.05) is 11.1 Å². The van der Waals surface area contributed by atoms with E-state index in [1.165, 1.54) is 17.2 Å². The van der Waals surface area contributed by atoms with E-state index in [0.717, 1.165) is 11.3 Å². The zero-order valence-corrected chi connectivity index (χ0v) is 16.1. The van der Waals surface area contributed by atoms with Gasteiger partial charge in [0.15, 0.2) is 5.69 Å². The smallest absolute Gasteiger partial charge is 0.278 e. The number of rotatable bonds is 3. The van der Waals surface area contributed by atoms with Gasteiger partial charge in [-0.15, -0.1) is 0 Å². The molecule has 146 valence electrons. The van der Waals surface area contributed by atoms with Crippen molar-refractivity contribution in [3.05, 3.63) is 77.0 Å². The van der Waals surface area contributed by atoms with Crippen LogP contribution in [0, 0.1) is 19.7 Å². The highest BCUT2D eigenvalue weighted by Gasteiger charge is 2.27. The molecule has 0 N–H and O–H groups in total. The van der Waals surface area contributed by atoms with Crippen LogP contribution in [0.1, 0.15) is 28.5 Å². The molecule has 2 aromatic heterocycles. The standard InChI is InChI=1S/C22H19FN4O2/c1-13-7-8-15(9-14(13)2)21-25-22(29-26-21)20-18-11-28-19(10-27(18)12-24-20)16-5-3-4-6-17(16)23/h3-9,12,19H,10-11H2,1-2H3/t19-/m1/s1. The third-order valence-electron chi connectivity index (χ3n) is 5.38. The largest absolute Gasteiger partial charge is 0.365 e. The first-order chi connectivity index (χ1) is 14.1. The van der Waals surface area contributed by atoms with E-state index in [1.54, 1.807) is 18.5 Å². The molecule has 0 saturated heterocycles. The fourth-order valence-electron chi connectivity index (χ4n) is 3.55. The Kier molecular flexibility index (Phi) is 4.24. The van der Waals surface area contributed by atoms with Gasteiger partial charge < -0.3 is 13.8 Å². The Hall–Kier alpha value is -3.32. The SMILES string of the molecule is Cc1ccc(-c2noc(-c3ncn4c3CO[C@@H](c3ccccc3F)C4)n2)cc1C. The van der Waals surface area contributed by atoms with Crippen molar-refractivity contribution >= 4 is 0 Å². The van der Waals surface area contributed by atoms with Gasteiger partial charge in [0.1, 0.15) is 11.9 Å². The van der Waals surface area contributed by atoms with Crippen molar-refractivity contribution in [1.82, 2.24) is 19.7 Å². The first-order valence-electron chi connectivity index (χ1n) is 9.42. The number of hydrogen-bond donors (Lipinski definition) is 0. The van der Waals surface area contributed by atoms with Gasteiger partial charge in [0.25, 0.3) is 5.89 Å². The molecule has 2 aromatic carbocycles. The Balaban J connectivity index is 1.43. The topological polar surface area (TPSA) is 66.0 Å². The number of fused-ring (bicyclic) bond motifs is 1. The summed E-state index contributed by atoms with van der Waals surface area (Å²) >= 11 is 0. The van der Waals surface area contributed by atoms with E-state index in [1.807, 2.05) is 28.8 Å². The normalized spacial score (nSPS) is 16.0. The molecule has 4 aromatic rings. The maximum Gasteiger partial charge on any atom is 0.278 e. The zero-order valence-electron chi connectivity index (χ0n) is 16.1. The van der Waals surface area contributed by atoms with E-state index in [2.05, 4.69) is 29.0 Å². The first-order valence-corrected chi connectivity index (χ1v) is 9.42. The minimum Gasteiger partial charge on any atom is -0.365 e. The monoisotopic (exact) mass is 390 g/mol. The van der Waals surface area contributed by atoms with Crippen LogP contribution < -0.4 is 0 Å². The van der Waals surface area contributed by atoms with Crippen LogP contribution in [0.5, 0.6) is 0 Å². The summed E-state index contributed by atoms with van der Waals surface area (Å²) in [5.41, 5.74) is 5.26. The quantitative estimate of drug-likeness (QED) is 0.510. The molecule has 0 aliphatic carbocycles. The zero-order chi connectivity index (χ0) is 20.0. The van der Waals surface area contributed by atoms with E-state index in [4.69, 9.17) is 9.26 Å². The van der Waals surface area contributed by atoms with Crippen LogP contribution in [-0.4, -0.2) is 19.7 Å². The van der Waals surface area contributed by atoms with Gasteiger partial charge in [-0.1, -0.05) is 35.5 Å². The maximum atomic E-state index is 14.1. The third kappa shape index (κ3) is 3.13.